The number of anilines is 1. The Balaban J connectivity index is 2.67. The van der Waals surface area contributed by atoms with E-state index >= 15 is 0 Å². The summed E-state index contributed by atoms with van der Waals surface area (Å²) in [6.07, 6.45) is 0.785. The van der Waals surface area contributed by atoms with E-state index in [0.717, 1.165) is 34.8 Å². The summed E-state index contributed by atoms with van der Waals surface area (Å²) >= 11 is 0. The highest BCUT2D eigenvalue weighted by molar-refractivity contribution is 5.85. The van der Waals surface area contributed by atoms with Crippen molar-refractivity contribution < 1.29 is 0 Å². The second-order valence-electron chi connectivity index (χ2n) is 2.76. The zero-order chi connectivity index (χ0) is 7.42. The molecular formula is C7H6N4. The predicted octanol–water partition coefficient (Wildman–Crippen LogP) is 0.444. The molecule has 1 aliphatic rings. The van der Waals surface area contributed by atoms with Gasteiger partial charge in [0.05, 0.1) is 11.4 Å². The molecule has 2 aromatic heterocycles. The fourth-order valence-electron chi connectivity index (χ4n) is 1.46. The van der Waals surface area contributed by atoms with Crippen LogP contribution in [0.15, 0.2) is 6.07 Å². The first kappa shape index (κ1) is 5.12. The van der Waals surface area contributed by atoms with Crippen molar-refractivity contribution in [2.75, 3.05) is 5.73 Å². The second-order valence-corrected chi connectivity index (χ2v) is 2.76. The summed E-state index contributed by atoms with van der Waals surface area (Å²) in [4.78, 5) is 11.6. The Hall–Kier alpha value is -1.58. The van der Waals surface area contributed by atoms with E-state index in [1.807, 2.05) is 6.07 Å². The molecule has 0 spiro atoms. The van der Waals surface area contributed by atoms with Gasteiger partial charge in [-0.2, -0.15) is 0 Å². The number of nitrogens with two attached hydrogens (primary N) is 1. The van der Waals surface area contributed by atoms with E-state index in [2.05, 4.69) is 15.0 Å². The van der Waals surface area contributed by atoms with Gasteiger partial charge in [0, 0.05) is 6.42 Å². The zero-order valence-electron chi connectivity index (χ0n) is 5.76. The van der Waals surface area contributed by atoms with Crippen LogP contribution >= 0.6 is 0 Å². The molecule has 54 valence electrons. The van der Waals surface area contributed by atoms with Gasteiger partial charge in [-0.05, 0) is 6.07 Å². The van der Waals surface area contributed by atoms with Crippen LogP contribution in [0.2, 0.25) is 0 Å². The van der Waals surface area contributed by atoms with Crippen LogP contribution in [0.5, 0.6) is 0 Å². The van der Waals surface area contributed by atoms with Crippen LogP contribution in [0.3, 0.4) is 0 Å². The summed E-state index contributed by atoms with van der Waals surface area (Å²) in [5.74, 6) is 0.969. The number of rotatable bonds is 0. The van der Waals surface area contributed by atoms with Crippen molar-refractivity contribution in [3.05, 3.63) is 17.6 Å². The minimum absolute atomic E-state index is 0.751. The van der Waals surface area contributed by atoms with Crippen LogP contribution in [0.25, 0.3) is 11.2 Å². The van der Waals surface area contributed by atoms with Gasteiger partial charge in [-0.3, -0.25) is 0 Å². The standard InChI is InChI=1S/C7H6N4/c8-4-1-3-2-5-10-6(4)7(9-3)11-5/h1H,2H2,(H3,8,9,10,11). The molecule has 0 atom stereocenters. The Morgan fingerprint density at radius 3 is 3.27 bits per heavy atom. The van der Waals surface area contributed by atoms with Gasteiger partial charge < -0.3 is 10.7 Å². The quantitative estimate of drug-likeness (QED) is 0.483. The smallest absolute Gasteiger partial charge is 0.180 e. The van der Waals surface area contributed by atoms with E-state index in [1.54, 1.807) is 0 Å². The molecular weight excluding hydrogens is 140 g/mol. The average molecular weight is 146 g/mol. The van der Waals surface area contributed by atoms with Crippen LogP contribution in [0.4, 0.5) is 5.69 Å². The summed E-state index contributed by atoms with van der Waals surface area (Å²) in [5, 5.41) is 0. The number of nitrogen functional groups attached to an aromatic ring is 1. The molecule has 0 aromatic carbocycles. The minimum atomic E-state index is 0.751. The van der Waals surface area contributed by atoms with Crippen molar-refractivity contribution in [3.8, 4) is 0 Å². The highest BCUT2D eigenvalue weighted by Crippen LogP contribution is 2.23. The molecule has 2 aromatic rings. The van der Waals surface area contributed by atoms with Crippen LogP contribution in [0.1, 0.15) is 11.5 Å². The number of H-pyrrole nitrogens is 1. The molecule has 0 radical (unpaired) electrons. The molecule has 0 saturated carbocycles. The third kappa shape index (κ3) is 0.497. The number of nitrogens with one attached hydrogen (secondary N) is 1. The SMILES string of the molecule is Nc1cc2nc3nc([nH]c13)C2. The number of aromatic amines is 1. The second kappa shape index (κ2) is 1.37. The van der Waals surface area contributed by atoms with Crippen LogP contribution in [-0.4, -0.2) is 15.0 Å². The maximum atomic E-state index is 5.72. The topological polar surface area (TPSA) is 67.6 Å². The fourth-order valence-corrected chi connectivity index (χ4v) is 1.46. The average Bonchev–Trinajstić information content (AvgIpc) is 2.19. The Kier molecular flexibility index (Phi) is 0.636. The highest BCUT2D eigenvalue weighted by Gasteiger charge is 2.15. The Morgan fingerprint density at radius 1 is 1.45 bits per heavy atom. The molecule has 0 fully saturated rings. The van der Waals surface area contributed by atoms with Gasteiger partial charge in [-0.15, -0.1) is 0 Å². The first-order valence-corrected chi connectivity index (χ1v) is 3.47. The van der Waals surface area contributed by atoms with Crippen molar-refractivity contribution in [1.82, 2.24) is 15.0 Å². The summed E-state index contributed by atoms with van der Waals surface area (Å²) in [6, 6.07) is 1.90. The number of nitrogens with zero attached hydrogens (tertiary/aromatic N) is 2. The van der Waals surface area contributed by atoms with Crippen molar-refractivity contribution >= 4 is 16.9 Å². The van der Waals surface area contributed by atoms with E-state index in [0.29, 0.717) is 0 Å². The monoisotopic (exact) mass is 146 g/mol. The largest absolute Gasteiger partial charge is 0.397 e. The molecule has 4 nitrogen and oxygen atoms in total. The molecule has 0 amide bonds. The van der Waals surface area contributed by atoms with Crippen molar-refractivity contribution in [2.24, 2.45) is 0 Å². The molecule has 3 heterocycles. The molecule has 11 heavy (non-hydrogen) atoms. The maximum absolute atomic E-state index is 5.72. The lowest BCUT2D eigenvalue weighted by molar-refractivity contribution is 0.967. The minimum Gasteiger partial charge on any atom is -0.397 e. The van der Waals surface area contributed by atoms with E-state index in [4.69, 9.17) is 5.73 Å². The van der Waals surface area contributed by atoms with Crippen molar-refractivity contribution in [1.29, 1.82) is 0 Å². The van der Waals surface area contributed by atoms with Gasteiger partial charge in [-0.1, -0.05) is 0 Å². The van der Waals surface area contributed by atoms with E-state index < -0.39 is 0 Å². The van der Waals surface area contributed by atoms with Gasteiger partial charge >= 0.3 is 0 Å². The van der Waals surface area contributed by atoms with Gasteiger partial charge in [0.1, 0.15) is 11.3 Å². The number of fused-ring (bicyclic) bond motifs is 2. The first-order valence-electron chi connectivity index (χ1n) is 3.47. The first-order chi connectivity index (χ1) is 5.33. The molecule has 0 saturated heterocycles. The number of pyridine rings is 1. The number of hydrogen-bond acceptors (Lipinski definition) is 3. The third-order valence-electron chi connectivity index (χ3n) is 1.94. The highest BCUT2D eigenvalue weighted by atomic mass is 15.0. The Bertz CT molecular complexity index is 443. The zero-order valence-corrected chi connectivity index (χ0v) is 5.76. The summed E-state index contributed by atoms with van der Waals surface area (Å²) in [5.41, 5.74) is 9.11. The number of hydrogen-bond donors (Lipinski definition) is 2. The van der Waals surface area contributed by atoms with Crippen molar-refractivity contribution in [2.45, 2.75) is 6.42 Å². The van der Waals surface area contributed by atoms with E-state index in [-0.39, 0.29) is 0 Å². The van der Waals surface area contributed by atoms with Crippen LogP contribution in [0, 0.1) is 0 Å². The lowest BCUT2D eigenvalue weighted by Gasteiger charge is -1.99. The van der Waals surface area contributed by atoms with Crippen LogP contribution in [-0.2, 0) is 6.42 Å². The normalized spacial score (nSPS) is 13.5. The Morgan fingerprint density at radius 2 is 2.36 bits per heavy atom. The van der Waals surface area contributed by atoms with E-state index in [1.165, 1.54) is 0 Å². The van der Waals surface area contributed by atoms with Crippen molar-refractivity contribution in [3.63, 3.8) is 0 Å². The molecule has 3 N–H and O–H groups in total. The molecule has 3 rings (SSSR count). The summed E-state index contributed by atoms with van der Waals surface area (Å²) in [6.45, 7) is 0. The lowest BCUT2D eigenvalue weighted by atomic mass is 10.2. The number of aromatic nitrogens is 3. The maximum Gasteiger partial charge on any atom is 0.180 e. The predicted molar refractivity (Wildman–Crippen MR) is 41.1 cm³/mol. The molecule has 3 bridgehead atoms. The molecule has 4 heteroatoms. The number of imidazole rings is 1. The summed E-state index contributed by atoms with van der Waals surface area (Å²) in [7, 11) is 0. The van der Waals surface area contributed by atoms with Gasteiger partial charge in [0.25, 0.3) is 0 Å². The van der Waals surface area contributed by atoms with Crippen LogP contribution < -0.4 is 5.73 Å². The van der Waals surface area contributed by atoms with Gasteiger partial charge in [-0.25, -0.2) is 9.97 Å². The summed E-state index contributed by atoms with van der Waals surface area (Å²) < 4.78 is 0. The Labute approximate surface area is 62.5 Å². The van der Waals surface area contributed by atoms with Gasteiger partial charge in [0.2, 0.25) is 0 Å². The fraction of sp³-hybridized carbons (Fsp3) is 0.143. The van der Waals surface area contributed by atoms with Gasteiger partial charge in [0.15, 0.2) is 5.65 Å². The molecule has 0 aliphatic carbocycles. The third-order valence-corrected chi connectivity index (χ3v) is 1.94. The van der Waals surface area contributed by atoms with E-state index in [9.17, 15) is 0 Å². The lowest BCUT2D eigenvalue weighted by Crippen LogP contribution is -1.98. The molecule has 0 unspecified atom stereocenters. The molecule has 1 aliphatic heterocycles.